The van der Waals surface area contributed by atoms with Crippen molar-refractivity contribution in [3.63, 3.8) is 0 Å². The van der Waals surface area contributed by atoms with Gasteiger partial charge in [0.05, 0.1) is 16.4 Å². The Hall–Kier alpha value is -2.92. The van der Waals surface area contributed by atoms with Crippen molar-refractivity contribution in [3.05, 3.63) is 59.2 Å². The van der Waals surface area contributed by atoms with Gasteiger partial charge in [0.2, 0.25) is 0 Å². The van der Waals surface area contributed by atoms with Gasteiger partial charge in [-0.2, -0.15) is 0 Å². The van der Waals surface area contributed by atoms with Crippen LogP contribution < -0.4 is 5.73 Å². The quantitative estimate of drug-likeness (QED) is 0.551. The Kier molecular flexibility index (Phi) is 4.18. The molecular formula is C18H14ClN3O2. The summed E-state index contributed by atoms with van der Waals surface area (Å²) in [6.07, 6.45) is 1.54. The summed E-state index contributed by atoms with van der Waals surface area (Å²) in [6, 6.07) is 12.4. The summed E-state index contributed by atoms with van der Waals surface area (Å²) in [5, 5.41) is 11.2. The van der Waals surface area contributed by atoms with E-state index >= 15 is 0 Å². The van der Waals surface area contributed by atoms with E-state index in [0.717, 1.165) is 21.9 Å². The van der Waals surface area contributed by atoms with Crippen LogP contribution in [-0.4, -0.2) is 21.9 Å². The lowest BCUT2D eigenvalue weighted by Crippen LogP contribution is -2.04. The molecule has 0 aliphatic carbocycles. The van der Waals surface area contributed by atoms with Crippen molar-refractivity contribution in [2.45, 2.75) is 6.92 Å². The molecule has 0 aliphatic rings. The molecule has 1 heterocycles. The third kappa shape index (κ3) is 3.07. The SMILES string of the molecule is CC(N)=Nc1ncc(Cl)c2ccc(-c3cccc(C(=O)O)c3)cc12. The number of fused-ring (bicyclic) bond motifs is 1. The van der Waals surface area contributed by atoms with Crippen molar-refractivity contribution < 1.29 is 9.90 Å². The Morgan fingerprint density at radius 2 is 1.92 bits per heavy atom. The molecule has 120 valence electrons. The van der Waals surface area contributed by atoms with Gasteiger partial charge in [-0.15, -0.1) is 0 Å². The van der Waals surface area contributed by atoms with Crippen LogP contribution in [0.2, 0.25) is 5.02 Å². The summed E-state index contributed by atoms with van der Waals surface area (Å²) < 4.78 is 0. The van der Waals surface area contributed by atoms with Gasteiger partial charge in [0, 0.05) is 17.0 Å². The maximum absolute atomic E-state index is 11.2. The molecule has 3 rings (SSSR count). The zero-order valence-corrected chi connectivity index (χ0v) is 13.6. The van der Waals surface area contributed by atoms with Gasteiger partial charge in [0.25, 0.3) is 0 Å². The number of halogens is 1. The predicted molar refractivity (Wildman–Crippen MR) is 96.1 cm³/mol. The molecule has 0 unspecified atom stereocenters. The average Bonchev–Trinajstić information content (AvgIpc) is 2.57. The molecule has 0 fully saturated rings. The Labute approximate surface area is 143 Å². The highest BCUT2D eigenvalue weighted by molar-refractivity contribution is 6.35. The van der Waals surface area contributed by atoms with E-state index in [4.69, 9.17) is 22.4 Å². The van der Waals surface area contributed by atoms with Crippen LogP contribution in [0.3, 0.4) is 0 Å². The van der Waals surface area contributed by atoms with Crippen LogP contribution >= 0.6 is 11.6 Å². The lowest BCUT2D eigenvalue weighted by molar-refractivity contribution is 0.0697. The highest BCUT2D eigenvalue weighted by atomic mass is 35.5. The number of carbonyl (C=O) groups is 1. The van der Waals surface area contributed by atoms with Crippen LogP contribution in [0.15, 0.2) is 53.7 Å². The molecule has 0 radical (unpaired) electrons. The summed E-state index contributed by atoms with van der Waals surface area (Å²) in [7, 11) is 0. The minimum atomic E-state index is -0.966. The lowest BCUT2D eigenvalue weighted by Gasteiger charge is -2.08. The predicted octanol–water partition coefficient (Wildman–Crippen LogP) is 4.26. The van der Waals surface area contributed by atoms with Gasteiger partial charge in [-0.1, -0.05) is 35.9 Å². The number of aliphatic imine (C=N–C) groups is 1. The summed E-state index contributed by atoms with van der Waals surface area (Å²) in [4.78, 5) is 19.6. The normalized spacial score (nSPS) is 11.7. The Morgan fingerprint density at radius 3 is 2.62 bits per heavy atom. The van der Waals surface area contributed by atoms with E-state index in [1.807, 2.05) is 24.3 Å². The molecule has 1 aromatic heterocycles. The maximum Gasteiger partial charge on any atom is 0.335 e. The van der Waals surface area contributed by atoms with Gasteiger partial charge in [0.15, 0.2) is 5.82 Å². The molecule has 5 nitrogen and oxygen atoms in total. The fraction of sp³-hybridized carbons (Fsp3) is 0.0556. The van der Waals surface area contributed by atoms with Gasteiger partial charge in [-0.25, -0.2) is 14.8 Å². The zero-order chi connectivity index (χ0) is 17.3. The van der Waals surface area contributed by atoms with Gasteiger partial charge < -0.3 is 10.8 Å². The van der Waals surface area contributed by atoms with E-state index in [0.29, 0.717) is 16.7 Å². The standard InChI is InChI=1S/C18H14ClN3O2/c1-10(20)22-17-15-8-12(5-6-14(15)16(19)9-21-17)11-3-2-4-13(7-11)18(23)24/h2-9H,1H3,(H,23,24)(H2,20,21,22). The number of rotatable bonds is 3. The molecule has 24 heavy (non-hydrogen) atoms. The smallest absolute Gasteiger partial charge is 0.335 e. The van der Waals surface area contributed by atoms with E-state index in [2.05, 4.69) is 9.98 Å². The van der Waals surface area contributed by atoms with Crippen LogP contribution in [0.1, 0.15) is 17.3 Å². The third-order valence-corrected chi connectivity index (χ3v) is 3.84. The van der Waals surface area contributed by atoms with E-state index in [-0.39, 0.29) is 5.56 Å². The number of carboxylic acid groups (broad SMARTS) is 1. The van der Waals surface area contributed by atoms with Gasteiger partial charge in [-0.05, 0) is 36.2 Å². The number of aromatic carboxylic acids is 1. The van der Waals surface area contributed by atoms with Crippen molar-refractivity contribution in [1.29, 1.82) is 0 Å². The van der Waals surface area contributed by atoms with Gasteiger partial charge in [-0.3, -0.25) is 0 Å². The largest absolute Gasteiger partial charge is 0.478 e. The molecule has 6 heteroatoms. The van der Waals surface area contributed by atoms with Crippen LogP contribution in [0.25, 0.3) is 21.9 Å². The summed E-state index contributed by atoms with van der Waals surface area (Å²) >= 11 is 6.21. The molecule has 0 aliphatic heterocycles. The summed E-state index contributed by atoms with van der Waals surface area (Å²) in [5.74, 6) is -0.0959. The highest BCUT2D eigenvalue weighted by Crippen LogP contribution is 2.33. The summed E-state index contributed by atoms with van der Waals surface area (Å²) in [6.45, 7) is 1.68. The van der Waals surface area contributed by atoms with Gasteiger partial charge in [0.1, 0.15) is 0 Å². The number of aromatic nitrogens is 1. The fourth-order valence-electron chi connectivity index (χ4n) is 2.46. The number of pyridine rings is 1. The molecule has 2 aromatic carbocycles. The van der Waals surface area contributed by atoms with Crippen LogP contribution in [-0.2, 0) is 0 Å². The fourth-order valence-corrected chi connectivity index (χ4v) is 2.68. The Balaban J connectivity index is 2.22. The number of hydrogen-bond acceptors (Lipinski definition) is 3. The van der Waals surface area contributed by atoms with Crippen molar-refractivity contribution in [2.75, 3.05) is 0 Å². The molecule has 0 saturated carbocycles. The first-order valence-corrected chi connectivity index (χ1v) is 7.56. The first-order valence-electron chi connectivity index (χ1n) is 7.18. The molecule has 0 bridgehead atoms. The Morgan fingerprint density at radius 1 is 1.17 bits per heavy atom. The van der Waals surface area contributed by atoms with Crippen LogP contribution in [0.4, 0.5) is 5.82 Å². The van der Waals surface area contributed by atoms with E-state index in [1.165, 1.54) is 6.20 Å². The second-order valence-corrected chi connectivity index (χ2v) is 5.74. The van der Waals surface area contributed by atoms with Crippen molar-refractivity contribution in [1.82, 2.24) is 4.98 Å². The van der Waals surface area contributed by atoms with Gasteiger partial charge >= 0.3 is 5.97 Å². The van der Waals surface area contributed by atoms with Crippen LogP contribution in [0, 0.1) is 0 Å². The maximum atomic E-state index is 11.2. The molecule has 0 atom stereocenters. The number of amidine groups is 1. The molecule has 0 saturated heterocycles. The van der Waals surface area contributed by atoms with E-state index in [9.17, 15) is 4.79 Å². The topological polar surface area (TPSA) is 88.6 Å². The third-order valence-electron chi connectivity index (χ3n) is 3.54. The molecule has 0 amide bonds. The number of hydrogen-bond donors (Lipinski definition) is 2. The Bertz CT molecular complexity index is 979. The van der Waals surface area contributed by atoms with Crippen molar-refractivity contribution >= 4 is 40.0 Å². The number of nitrogens with two attached hydrogens (primary N) is 1. The number of carboxylic acids is 1. The molecular weight excluding hydrogens is 326 g/mol. The number of nitrogens with zero attached hydrogens (tertiary/aromatic N) is 2. The monoisotopic (exact) mass is 339 g/mol. The first-order chi connectivity index (χ1) is 11.5. The zero-order valence-electron chi connectivity index (χ0n) is 12.8. The van der Waals surface area contributed by atoms with E-state index in [1.54, 1.807) is 25.1 Å². The van der Waals surface area contributed by atoms with Crippen LogP contribution in [0.5, 0.6) is 0 Å². The van der Waals surface area contributed by atoms with Crippen molar-refractivity contribution in [3.8, 4) is 11.1 Å². The average molecular weight is 340 g/mol. The second-order valence-electron chi connectivity index (χ2n) is 5.33. The van der Waals surface area contributed by atoms with Crippen molar-refractivity contribution in [2.24, 2.45) is 10.7 Å². The molecule has 0 spiro atoms. The van der Waals surface area contributed by atoms with E-state index < -0.39 is 5.97 Å². The summed E-state index contributed by atoms with van der Waals surface area (Å²) in [5.41, 5.74) is 7.53. The molecule has 3 N–H and O–H groups in total. The molecule has 3 aromatic rings. The lowest BCUT2D eigenvalue weighted by atomic mass is 10.00. The highest BCUT2D eigenvalue weighted by Gasteiger charge is 2.10. The second kappa shape index (κ2) is 6.29. The first kappa shape index (κ1) is 16.0. The minimum Gasteiger partial charge on any atom is -0.478 e. The number of benzene rings is 2. The minimum absolute atomic E-state index is 0.230.